The second kappa shape index (κ2) is 7.81. The first-order valence-corrected chi connectivity index (χ1v) is 8.82. The number of rotatable bonds is 4. The van der Waals surface area contributed by atoms with Gasteiger partial charge in [-0.2, -0.15) is 0 Å². The van der Waals surface area contributed by atoms with Crippen LogP contribution in [0.2, 0.25) is 5.02 Å². The van der Waals surface area contributed by atoms with Gasteiger partial charge in [0.1, 0.15) is 18.1 Å². The van der Waals surface area contributed by atoms with E-state index in [1.807, 2.05) is 0 Å². The van der Waals surface area contributed by atoms with Crippen molar-refractivity contribution in [1.29, 1.82) is 0 Å². The number of benzene rings is 2. The van der Waals surface area contributed by atoms with Crippen molar-refractivity contribution in [2.45, 2.75) is 0 Å². The van der Waals surface area contributed by atoms with Crippen LogP contribution in [0, 0.1) is 5.82 Å². The van der Waals surface area contributed by atoms with Crippen molar-refractivity contribution in [3.8, 4) is 5.75 Å². The number of imide groups is 1. The Balaban J connectivity index is 1.72. The predicted molar refractivity (Wildman–Crippen MR) is 101 cm³/mol. The highest BCUT2D eigenvalue weighted by atomic mass is 35.5. The molecular formula is C18H12ClFN2O4S. The molecule has 6 nitrogen and oxygen atoms in total. The number of nitrogens with zero attached hydrogens (tertiary/aromatic N) is 1. The molecule has 3 rings (SSSR count). The van der Waals surface area contributed by atoms with Crippen LogP contribution >= 0.6 is 23.4 Å². The van der Waals surface area contributed by atoms with E-state index >= 15 is 0 Å². The number of carbonyl (C=O) groups excluding carboxylic acids is 3. The summed E-state index contributed by atoms with van der Waals surface area (Å²) in [6, 6.07) is 9.65. The molecule has 9 heteroatoms. The van der Waals surface area contributed by atoms with Gasteiger partial charge in [0, 0.05) is 5.02 Å². The summed E-state index contributed by atoms with van der Waals surface area (Å²) >= 11 is 6.47. The van der Waals surface area contributed by atoms with Gasteiger partial charge in [-0.3, -0.25) is 19.3 Å². The molecule has 3 amide bonds. The Morgan fingerprint density at radius 3 is 2.78 bits per heavy atom. The molecule has 2 N–H and O–H groups in total. The van der Waals surface area contributed by atoms with Crippen LogP contribution in [0.1, 0.15) is 5.56 Å². The molecule has 1 aliphatic heterocycles. The Morgan fingerprint density at radius 1 is 1.26 bits per heavy atom. The van der Waals surface area contributed by atoms with Crippen LogP contribution in [0.4, 0.5) is 14.9 Å². The van der Waals surface area contributed by atoms with Crippen molar-refractivity contribution in [1.82, 2.24) is 4.90 Å². The second-order valence-electron chi connectivity index (χ2n) is 5.53. The van der Waals surface area contributed by atoms with Crippen LogP contribution in [-0.4, -0.2) is 33.6 Å². The summed E-state index contributed by atoms with van der Waals surface area (Å²) in [5, 5.41) is 11.8. The first-order chi connectivity index (χ1) is 12.8. The van der Waals surface area contributed by atoms with E-state index < -0.39 is 29.4 Å². The highest BCUT2D eigenvalue weighted by Crippen LogP contribution is 2.32. The van der Waals surface area contributed by atoms with E-state index in [2.05, 4.69) is 5.32 Å². The second-order valence-corrected chi connectivity index (χ2v) is 6.96. The number of carbonyl (C=O) groups is 3. The van der Waals surface area contributed by atoms with Crippen LogP contribution in [-0.2, 0) is 9.59 Å². The third-order valence-corrected chi connectivity index (χ3v) is 4.70. The Labute approximate surface area is 162 Å². The molecule has 138 valence electrons. The summed E-state index contributed by atoms with van der Waals surface area (Å²) in [6.07, 6.45) is 1.38. The van der Waals surface area contributed by atoms with Gasteiger partial charge < -0.3 is 10.4 Å². The van der Waals surface area contributed by atoms with E-state index in [9.17, 15) is 23.9 Å². The smallest absolute Gasteiger partial charge is 0.294 e. The van der Waals surface area contributed by atoms with E-state index in [4.69, 9.17) is 11.6 Å². The molecule has 0 aromatic heterocycles. The minimum atomic E-state index is -0.679. The Kier molecular flexibility index (Phi) is 5.48. The fourth-order valence-corrected chi connectivity index (χ4v) is 3.34. The summed E-state index contributed by atoms with van der Waals surface area (Å²) < 4.78 is 13.3. The number of aromatic hydroxyl groups is 1. The Hall–Kier alpha value is -2.84. The van der Waals surface area contributed by atoms with E-state index in [1.165, 1.54) is 42.5 Å². The number of phenols is 1. The molecule has 27 heavy (non-hydrogen) atoms. The Morgan fingerprint density at radius 2 is 2.04 bits per heavy atom. The molecule has 1 aliphatic rings. The average molecular weight is 407 g/mol. The lowest BCUT2D eigenvalue weighted by Crippen LogP contribution is -2.36. The SMILES string of the molecule is O=C(CN1C(=O)S/C(=C\c2cccc(F)c2)C1=O)Nc1cc(Cl)ccc1O. The molecule has 0 saturated carbocycles. The van der Waals surface area contributed by atoms with Crippen molar-refractivity contribution in [2.75, 3.05) is 11.9 Å². The third kappa shape index (κ3) is 4.47. The zero-order valence-corrected chi connectivity index (χ0v) is 15.2. The van der Waals surface area contributed by atoms with Crippen LogP contribution < -0.4 is 5.32 Å². The van der Waals surface area contributed by atoms with Crippen LogP contribution in [0.15, 0.2) is 47.4 Å². The van der Waals surface area contributed by atoms with Crippen molar-refractivity contribution < 1.29 is 23.9 Å². The van der Waals surface area contributed by atoms with E-state index in [0.29, 0.717) is 22.3 Å². The quantitative estimate of drug-likeness (QED) is 0.594. The van der Waals surface area contributed by atoms with Gasteiger partial charge in [-0.1, -0.05) is 23.7 Å². The number of nitrogens with one attached hydrogen (secondary N) is 1. The summed E-state index contributed by atoms with van der Waals surface area (Å²) in [6.45, 7) is -0.531. The number of thioether (sulfide) groups is 1. The van der Waals surface area contributed by atoms with Crippen molar-refractivity contribution >= 4 is 52.2 Å². The minimum absolute atomic E-state index is 0.0646. The van der Waals surface area contributed by atoms with Gasteiger partial charge in [-0.05, 0) is 53.7 Å². The molecular weight excluding hydrogens is 395 g/mol. The van der Waals surface area contributed by atoms with Crippen LogP contribution in [0.25, 0.3) is 6.08 Å². The molecule has 2 aromatic rings. The normalized spacial score (nSPS) is 15.5. The predicted octanol–water partition coefficient (Wildman–Crippen LogP) is 3.86. The van der Waals surface area contributed by atoms with E-state index in [-0.39, 0.29) is 16.3 Å². The molecule has 0 spiro atoms. The number of halogens is 2. The molecule has 0 aliphatic carbocycles. The summed E-state index contributed by atoms with van der Waals surface area (Å²) in [5.74, 6) is -2.00. The van der Waals surface area contributed by atoms with Gasteiger partial charge in [-0.15, -0.1) is 0 Å². The van der Waals surface area contributed by atoms with Gasteiger partial charge in [0.15, 0.2) is 0 Å². The molecule has 0 bridgehead atoms. The maximum absolute atomic E-state index is 13.3. The molecule has 1 fully saturated rings. The number of amides is 3. The first-order valence-electron chi connectivity index (χ1n) is 7.63. The van der Waals surface area contributed by atoms with Gasteiger partial charge in [0.25, 0.3) is 11.1 Å². The summed E-state index contributed by atoms with van der Waals surface area (Å²) in [7, 11) is 0. The third-order valence-electron chi connectivity index (χ3n) is 3.55. The average Bonchev–Trinajstić information content (AvgIpc) is 2.86. The maximum Gasteiger partial charge on any atom is 0.294 e. The fourth-order valence-electron chi connectivity index (χ4n) is 2.33. The summed E-state index contributed by atoms with van der Waals surface area (Å²) in [4.78, 5) is 37.5. The topological polar surface area (TPSA) is 86.7 Å². The van der Waals surface area contributed by atoms with Crippen LogP contribution in [0.3, 0.4) is 0 Å². The van der Waals surface area contributed by atoms with Crippen LogP contribution in [0.5, 0.6) is 5.75 Å². The monoisotopic (exact) mass is 406 g/mol. The van der Waals surface area contributed by atoms with E-state index in [1.54, 1.807) is 6.07 Å². The van der Waals surface area contributed by atoms with Gasteiger partial charge in [0.2, 0.25) is 5.91 Å². The number of anilines is 1. The number of hydrogen-bond donors (Lipinski definition) is 2. The standard InChI is InChI=1S/C18H12ClFN2O4S/c19-11-4-5-14(23)13(8-11)21-16(24)9-22-17(25)15(27-18(22)26)7-10-2-1-3-12(20)6-10/h1-8,23H,9H2,(H,21,24)/b15-7-. The molecule has 0 unspecified atom stereocenters. The zero-order valence-electron chi connectivity index (χ0n) is 13.6. The molecule has 0 atom stereocenters. The van der Waals surface area contributed by atoms with Gasteiger partial charge in [0.05, 0.1) is 10.6 Å². The van der Waals surface area contributed by atoms with Gasteiger partial charge >= 0.3 is 0 Å². The van der Waals surface area contributed by atoms with Gasteiger partial charge in [-0.25, -0.2) is 4.39 Å². The Bertz CT molecular complexity index is 980. The molecule has 1 saturated heterocycles. The fraction of sp³-hybridized carbons (Fsp3) is 0.0556. The summed E-state index contributed by atoms with van der Waals surface area (Å²) in [5.41, 5.74) is 0.489. The minimum Gasteiger partial charge on any atom is -0.506 e. The van der Waals surface area contributed by atoms with Crippen molar-refractivity contribution in [3.05, 3.63) is 63.8 Å². The maximum atomic E-state index is 13.3. The van der Waals surface area contributed by atoms with Crippen molar-refractivity contribution in [2.24, 2.45) is 0 Å². The highest BCUT2D eigenvalue weighted by molar-refractivity contribution is 8.18. The molecule has 2 aromatic carbocycles. The zero-order chi connectivity index (χ0) is 19.6. The largest absolute Gasteiger partial charge is 0.506 e. The first kappa shape index (κ1) is 18.9. The number of hydrogen-bond acceptors (Lipinski definition) is 5. The number of phenolic OH excluding ortho intramolecular Hbond substituents is 1. The molecule has 0 radical (unpaired) electrons. The van der Waals surface area contributed by atoms with Crippen molar-refractivity contribution in [3.63, 3.8) is 0 Å². The lowest BCUT2D eigenvalue weighted by molar-refractivity contribution is -0.127. The molecule has 1 heterocycles. The lowest BCUT2D eigenvalue weighted by atomic mass is 10.2. The van der Waals surface area contributed by atoms with E-state index in [0.717, 1.165) is 4.90 Å². The highest BCUT2D eigenvalue weighted by Gasteiger charge is 2.36. The lowest BCUT2D eigenvalue weighted by Gasteiger charge is -2.13.